The fourth-order valence-electron chi connectivity index (χ4n) is 3.27. The maximum atomic E-state index is 14.8. The topological polar surface area (TPSA) is 59.0 Å². The van der Waals surface area contributed by atoms with Crippen LogP contribution >= 0.6 is 0 Å². The number of nitrogens with zero attached hydrogens (tertiary/aromatic N) is 4. The van der Waals surface area contributed by atoms with Crippen LogP contribution in [0.5, 0.6) is 5.75 Å². The van der Waals surface area contributed by atoms with E-state index in [4.69, 9.17) is 9.84 Å². The van der Waals surface area contributed by atoms with Gasteiger partial charge in [-0.2, -0.15) is 5.10 Å². The summed E-state index contributed by atoms with van der Waals surface area (Å²) in [5, 5.41) is 4.70. The van der Waals surface area contributed by atoms with Gasteiger partial charge in [0.2, 0.25) is 0 Å². The van der Waals surface area contributed by atoms with Gasteiger partial charge in [0.1, 0.15) is 23.1 Å². The second-order valence-electron chi connectivity index (χ2n) is 6.84. The Morgan fingerprint density at radius 2 is 1.97 bits per heavy atom. The summed E-state index contributed by atoms with van der Waals surface area (Å²) in [7, 11) is 3.52. The summed E-state index contributed by atoms with van der Waals surface area (Å²) >= 11 is 0. The van der Waals surface area contributed by atoms with Crippen LogP contribution in [-0.4, -0.2) is 38.8 Å². The first-order valence-corrected chi connectivity index (χ1v) is 9.28. The van der Waals surface area contributed by atoms with Gasteiger partial charge >= 0.3 is 0 Å². The molecule has 7 heteroatoms. The number of imidazole rings is 1. The van der Waals surface area contributed by atoms with Crippen molar-refractivity contribution in [1.82, 2.24) is 24.6 Å². The van der Waals surface area contributed by atoms with Gasteiger partial charge in [0, 0.05) is 42.3 Å². The average Bonchev–Trinajstić information content (AvgIpc) is 3.38. The molecule has 0 spiro atoms. The largest absolute Gasteiger partial charge is 0.497 e. The Balaban J connectivity index is 1.71. The SMILES string of the molecule is COc1ccc(-c2nn(-c3ccccc3)cc2CN(C)Cc2ncc[nH]2)c(F)c1. The lowest BCUT2D eigenvalue weighted by molar-refractivity contribution is 0.312. The van der Waals surface area contributed by atoms with Crippen molar-refractivity contribution >= 4 is 0 Å². The number of hydrogen-bond donors (Lipinski definition) is 1. The Hall–Kier alpha value is -3.45. The van der Waals surface area contributed by atoms with Crippen LogP contribution in [0.15, 0.2) is 67.1 Å². The number of methoxy groups -OCH3 is 1. The molecule has 0 unspecified atom stereocenters. The molecule has 1 N–H and O–H groups in total. The van der Waals surface area contributed by atoms with E-state index in [2.05, 4.69) is 14.9 Å². The van der Waals surface area contributed by atoms with Crippen LogP contribution in [0.25, 0.3) is 16.9 Å². The van der Waals surface area contributed by atoms with Crippen molar-refractivity contribution in [2.75, 3.05) is 14.2 Å². The lowest BCUT2D eigenvalue weighted by Crippen LogP contribution is -2.18. The molecule has 0 aliphatic rings. The minimum Gasteiger partial charge on any atom is -0.497 e. The van der Waals surface area contributed by atoms with Crippen LogP contribution in [0.1, 0.15) is 11.4 Å². The van der Waals surface area contributed by atoms with E-state index >= 15 is 0 Å². The van der Waals surface area contributed by atoms with Crippen molar-refractivity contribution < 1.29 is 9.13 Å². The summed E-state index contributed by atoms with van der Waals surface area (Å²) in [4.78, 5) is 9.49. The number of nitrogens with one attached hydrogen (secondary N) is 1. The van der Waals surface area contributed by atoms with E-state index in [-0.39, 0.29) is 5.82 Å². The average molecular weight is 391 g/mol. The zero-order valence-electron chi connectivity index (χ0n) is 16.3. The molecule has 0 saturated carbocycles. The van der Waals surface area contributed by atoms with E-state index in [0.29, 0.717) is 30.1 Å². The quantitative estimate of drug-likeness (QED) is 0.517. The second kappa shape index (κ2) is 8.28. The van der Waals surface area contributed by atoms with Crippen LogP contribution in [-0.2, 0) is 13.1 Å². The van der Waals surface area contributed by atoms with Gasteiger partial charge in [0.15, 0.2) is 0 Å². The second-order valence-corrected chi connectivity index (χ2v) is 6.84. The summed E-state index contributed by atoms with van der Waals surface area (Å²) in [6, 6.07) is 14.6. The summed E-state index contributed by atoms with van der Waals surface area (Å²) in [6.45, 7) is 1.24. The summed E-state index contributed by atoms with van der Waals surface area (Å²) in [6.07, 6.45) is 5.48. The third-order valence-electron chi connectivity index (χ3n) is 4.66. The number of aromatic amines is 1. The molecule has 0 atom stereocenters. The fourth-order valence-corrected chi connectivity index (χ4v) is 3.27. The maximum Gasteiger partial charge on any atom is 0.136 e. The molecule has 0 fully saturated rings. The first-order chi connectivity index (χ1) is 14.1. The summed E-state index contributed by atoms with van der Waals surface area (Å²) in [5.74, 6) is 0.989. The van der Waals surface area contributed by atoms with Crippen molar-refractivity contribution in [2.24, 2.45) is 0 Å². The minimum atomic E-state index is -0.363. The Bertz CT molecular complexity index is 1080. The molecular weight excluding hydrogens is 369 g/mol. The molecule has 0 saturated heterocycles. The molecule has 6 nitrogen and oxygen atoms in total. The Morgan fingerprint density at radius 3 is 2.66 bits per heavy atom. The van der Waals surface area contributed by atoms with Crippen molar-refractivity contribution in [2.45, 2.75) is 13.1 Å². The zero-order valence-corrected chi connectivity index (χ0v) is 16.3. The standard InChI is InChI=1S/C22H22FN5O/c1-27(15-21-24-10-11-25-21)13-16-14-28(17-6-4-3-5-7-17)26-22(16)19-9-8-18(29-2)12-20(19)23/h3-12,14H,13,15H2,1-2H3,(H,24,25). The maximum absolute atomic E-state index is 14.8. The van der Waals surface area contributed by atoms with E-state index < -0.39 is 0 Å². The Labute approximate surface area is 168 Å². The van der Waals surface area contributed by atoms with Gasteiger partial charge in [0.25, 0.3) is 0 Å². The number of hydrogen-bond acceptors (Lipinski definition) is 4. The first kappa shape index (κ1) is 18.9. The molecule has 0 radical (unpaired) electrons. The van der Waals surface area contributed by atoms with Crippen LogP contribution in [0.4, 0.5) is 4.39 Å². The van der Waals surface area contributed by atoms with Crippen LogP contribution < -0.4 is 4.74 Å². The van der Waals surface area contributed by atoms with E-state index in [0.717, 1.165) is 17.1 Å². The highest BCUT2D eigenvalue weighted by atomic mass is 19.1. The highest BCUT2D eigenvalue weighted by Gasteiger charge is 2.18. The molecular formula is C22H22FN5O. The molecule has 2 heterocycles. The predicted octanol–water partition coefficient (Wildman–Crippen LogP) is 4.04. The lowest BCUT2D eigenvalue weighted by Gasteiger charge is -2.15. The molecule has 4 rings (SSSR count). The highest BCUT2D eigenvalue weighted by Crippen LogP contribution is 2.29. The molecule has 4 aromatic rings. The Kier molecular flexibility index (Phi) is 5.39. The van der Waals surface area contributed by atoms with Crippen LogP contribution in [0.3, 0.4) is 0 Å². The molecule has 0 aliphatic heterocycles. The number of ether oxygens (including phenoxy) is 1. The normalized spacial score (nSPS) is 11.2. The van der Waals surface area contributed by atoms with E-state index in [1.165, 1.54) is 13.2 Å². The highest BCUT2D eigenvalue weighted by molar-refractivity contribution is 5.65. The van der Waals surface area contributed by atoms with Crippen molar-refractivity contribution in [1.29, 1.82) is 0 Å². The van der Waals surface area contributed by atoms with Gasteiger partial charge in [-0.25, -0.2) is 14.1 Å². The van der Waals surface area contributed by atoms with Crippen molar-refractivity contribution in [3.05, 3.63) is 84.3 Å². The molecule has 29 heavy (non-hydrogen) atoms. The number of benzene rings is 2. The predicted molar refractivity (Wildman–Crippen MR) is 109 cm³/mol. The van der Waals surface area contributed by atoms with Gasteiger partial charge in [-0.05, 0) is 31.3 Å². The first-order valence-electron chi connectivity index (χ1n) is 9.28. The van der Waals surface area contributed by atoms with Gasteiger partial charge in [-0.3, -0.25) is 4.90 Å². The third-order valence-corrected chi connectivity index (χ3v) is 4.66. The molecule has 0 bridgehead atoms. The van der Waals surface area contributed by atoms with E-state index in [9.17, 15) is 4.39 Å². The number of rotatable bonds is 7. The lowest BCUT2D eigenvalue weighted by atomic mass is 10.1. The fraction of sp³-hybridized carbons (Fsp3) is 0.182. The number of H-pyrrole nitrogens is 1. The van der Waals surface area contributed by atoms with Gasteiger partial charge in [-0.15, -0.1) is 0 Å². The third kappa shape index (κ3) is 4.20. The van der Waals surface area contributed by atoms with Crippen molar-refractivity contribution in [3.63, 3.8) is 0 Å². The number of para-hydroxylation sites is 1. The smallest absolute Gasteiger partial charge is 0.136 e. The number of aromatic nitrogens is 4. The molecule has 2 aromatic heterocycles. The Morgan fingerprint density at radius 1 is 1.14 bits per heavy atom. The van der Waals surface area contributed by atoms with Gasteiger partial charge in [0.05, 0.1) is 19.3 Å². The van der Waals surface area contributed by atoms with Crippen molar-refractivity contribution in [3.8, 4) is 22.7 Å². The number of halogens is 1. The van der Waals surface area contributed by atoms with E-state index in [1.54, 1.807) is 29.2 Å². The molecule has 0 aliphatic carbocycles. The monoisotopic (exact) mass is 391 g/mol. The van der Waals surface area contributed by atoms with E-state index in [1.807, 2.05) is 43.6 Å². The van der Waals surface area contributed by atoms with Gasteiger partial charge in [-0.1, -0.05) is 18.2 Å². The minimum absolute atomic E-state index is 0.363. The molecule has 2 aromatic carbocycles. The summed E-state index contributed by atoms with van der Waals surface area (Å²) in [5.41, 5.74) is 2.90. The summed E-state index contributed by atoms with van der Waals surface area (Å²) < 4.78 is 21.7. The zero-order chi connectivity index (χ0) is 20.2. The molecule has 148 valence electrons. The van der Waals surface area contributed by atoms with Gasteiger partial charge < -0.3 is 9.72 Å². The van der Waals surface area contributed by atoms with Crippen LogP contribution in [0.2, 0.25) is 0 Å². The van der Waals surface area contributed by atoms with Crippen LogP contribution in [0, 0.1) is 5.82 Å². The molecule has 0 amide bonds.